The molecular weight excluding hydrogens is 304 g/mol. The average Bonchev–Trinajstić information content (AvgIpc) is 2.50. The number of hydrogen-bond donors (Lipinski definition) is 0. The second-order valence-corrected chi connectivity index (χ2v) is 6.58. The van der Waals surface area contributed by atoms with Gasteiger partial charge in [-0.15, -0.1) is 0 Å². The first-order valence-corrected chi connectivity index (χ1v) is 9.26. The summed E-state index contributed by atoms with van der Waals surface area (Å²) in [5.74, 6) is 5.59. The second-order valence-electron chi connectivity index (χ2n) is 6.58. The number of carbonyl (C=O) groups is 2. The molecule has 2 atom stereocenters. The molecule has 0 aliphatic heterocycles. The van der Waals surface area contributed by atoms with Gasteiger partial charge in [0.25, 0.3) is 0 Å². The molecule has 0 aromatic carbocycles. The second kappa shape index (κ2) is 13.9. The molecule has 138 valence electrons. The fourth-order valence-corrected chi connectivity index (χ4v) is 2.23. The minimum atomic E-state index is -0.388. The van der Waals surface area contributed by atoms with Gasteiger partial charge in [-0.1, -0.05) is 52.4 Å². The minimum absolute atomic E-state index is 0.0446. The third-order valence-electron chi connectivity index (χ3n) is 3.48. The van der Waals surface area contributed by atoms with Crippen molar-refractivity contribution < 1.29 is 19.1 Å². The Kier molecular flexibility index (Phi) is 13.0. The summed E-state index contributed by atoms with van der Waals surface area (Å²) < 4.78 is 10.7. The van der Waals surface area contributed by atoms with Crippen molar-refractivity contribution in [2.45, 2.75) is 98.2 Å². The van der Waals surface area contributed by atoms with Gasteiger partial charge in [0.1, 0.15) is 0 Å². The molecular formula is C20H34O4. The van der Waals surface area contributed by atoms with Crippen LogP contribution in [0.4, 0.5) is 0 Å². The predicted molar refractivity (Wildman–Crippen MR) is 96.3 cm³/mol. The lowest BCUT2D eigenvalue weighted by molar-refractivity contribution is -0.154. The van der Waals surface area contributed by atoms with E-state index < -0.39 is 0 Å². The minimum Gasteiger partial charge on any atom is -0.463 e. The molecule has 0 aromatic heterocycles. The zero-order valence-electron chi connectivity index (χ0n) is 16.0. The first-order chi connectivity index (χ1) is 11.4. The van der Waals surface area contributed by atoms with Crippen molar-refractivity contribution in [1.82, 2.24) is 0 Å². The summed E-state index contributed by atoms with van der Waals surface area (Å²) in [4.78, 5) is 23.7. The van der Waals surface area contributed by atoms with E-state index in [1.807, 2.05) is 13.8 Å². The molecule has 2 unspecified atom stereocenters. The first kappa shape index (κ1) is 22.5. The van der Waals surface area contributed by atoms with Crippen LogP contribution in [0, 0.1) is 17.8 Å². The number of ether oxygens (including phenoxy) is 2. The van der Waals surface area contributed by atoms with Gasteiger partial charge in [-0.2, -0.15) is 0 Å². The highest BCUT2D eigenvalue weighted by molar-refractivity contribution is 5.77. The lowest BCUT2D eigenvalue weighted by atomic mass is 10.1. The van der Waals surface area contributed by atoms with Crippen molar-refractivity contribution in [3.63, 3.8) is 0 Å². The average molecular weight is 338 g/mol. The van der Waals surface area contributed by atoms with E-state index in [1.165, 1.54) is 0 Å². The molecule has 0 bridgehead atoms. The van der Waals surface area contributed by atoms with Gasteiger partial charge in [0.15, 0.2) is 6.10 Å². The van der Waals surface area contributed by atoms with Gasteiger partial charge in [-0.05, 0) is 32.1 Å². The van der Waals surface area contributed by atoms with E-state index in [1.54, 1.807) is 0 Å². The van der Waals surface area contributed by atoms with Crippen molar-refractivity contribution >= 4 is 11.9 Å². The van der Waals surface area contributed by atoms with E-state index in [9.17, 15) is 9.59 Å². The molecule has 0 aromatic rings. The molecule has 0 fully saturated rings. The van der Waals surface area contributed by atoms with Crippen molar-refractivity contribution in [2.75, 3.05) is 0 Å². The zero-order valence-corrected chi connectivity index (χ0v) is 16.0. The van der Waals surface area contributed by atoms with Crippen LogP contribution in [0.3, 0.4) is 0 Å². The Morgan fingerprint density at radius 3 is 2.12 bits per heavy atom. The number of rotatable bonds is 11. The normalized spacial score (nSPS) is 12.9. The van der Waals surface area contributed by atoms with E-state index in [2.05, 4.69) is 32.6 Å². The van der Waals surface area contributed by atoms with Crippen molar-refractivity contribution in [3.05, 3.63) is 0 Å². The maximum absolute atomic E-state index is 11.9. The smallest absolute Gasteiger partial charge is 0.307 e. The molecule has 0 spiro atoms. The van der Waals surface area contributed by atoms with Gasteiger partial charge < -0.3 is 9.47 Å². The molecule has 0 aliphatic rings. The van der Waals surface area contributed by atoms with Gasteiger partial charge in [-0.25, -0.2) is 0 Å². The summed E-state index contributed by atoms with van der Waals surface area (Å²) in [6.07, 6.45) is 5.27. The molecule has 0 aliphatic carbocycles. The van der Waals surface area contributed by atoms with Crippen LogP contribution in [0.5, 0.6) is 0 Å². The SMILES string of the molecule is CCC#CC(CC(C)C)OC(=O)CCC(=O)OC(C)CCCCC. The van der Waals surface area contributed by atoms with Gasteiger partial charge in [0.05, 0.1) is 18.9 Å². The summed E-state index contributed by atoms with van der Waals surface area (Å²) in [7, 11) is 0. The van der Waals surface area contributed by atoms with Crippen molar-refractivity contribution in [2.24, 2.45) is 5.92 Å². The van der Waals surface area contributed by atoms with E-state index in [-0.39, 0.29) is 37.0 Å². The van der Waals surface area contributed by atoms with Gasteiger partial charge >= 0.3 is 11.9 Å². The van der Waals surface area contributed by atoms with E-state index in [4.69, 9.17) is 9.47 Å². The maximum Gasteiger partial charge on any atom is 0.307 e. The summed E-state index contributed by atoms with van der Waals surface area (Å²) in [5.41, 5.74) is 0. The van der Waals surface area contributed by atoms with E-state index in [0.29, 0.717) is 12.3 Å². The summed E-state index contributed by atoms with van der Waals surface area (Å²) in [6, 6.07) is 0. The highest BCUT2D eigenvalue weighted by Gasteiger charge is 2.16. The van der Waals surface area contributed by atoms with E-state index >= 15 is 0 Å². The van der Waals surface area contributed by atoms with Crippen LogP contribution in [0.25, 0.3) is 0 Å². The molecule has 4 heteroatoms. The highest BCUT2D eigenvalue weighted by Crippen LogP contribution is 2.11. The quantitative estimate of drug-likeness (QED) is 0.312. The van der Waals surface area contributed by atoms with Gasteiger partial charge in [-0.3, -0.25) is 9.59 Å². The molecule has 0 saturated carbocycles. The Bertz CT molecular complexity index is 417. The van der Waals surface area contributed by atoms with Crippen molar-refractivity contribution in [1.29, 1.82) is 0 Å². The fraction of sp³-hybridized carbons (Fsp3) is 0.800. The van der Waals surface area contributed by atoms with Crippen LogP contribution in [-0.2, 0) is 19.1 Å². The van der Waals surface area contributed by atoms with Crippen LogP contribution in [0.15, 0.2) is 0 Å². The Hall–Kier alpha value is -1.50. The molecule has 24 heavy (non-hydrogen) atoms. The molecule has 0 radical (unpaired) electrons. The van der Waals surface area contributed by atoms with Crippen LogP contribution in [-0.4, -0.2) is 24.1 Å². The van der Waals surface area contributed by atoms with Crippen LogP contribution >= 0.6 is 0 Å². The molecule has 0 heterocycles. The Morgan fingerprint density at radius 1 is 0.958 bits per heavy atom. The number of esters is 2. The zero-order chi connectivity index (χ0) is 18.4. The van der Waals surface area contributed by atoms with Crippen LogP contribution in [0.1, 0.15) is 86.0 Å². The number of unbranched alkanes of at least 4 members (excludes halogenated alkanes) is 2. The van der Waals surface area contributed by atoms with Gasteiger partial charge in [0.2, 0.25) is 0 Å². The summed E-state index contributed by atoms with van der Waals surface area (Å²) >= 11 is 0. The third-order valence-corrected chi connectivity index (χ3v) is 3.48. The van der Waals surface area contributed by atoms with Crippen LogP contribution in [0.2, 0.25) is 0 Å². The Morgan fingerprint density at radius 2 is 1.58 bits per heavy atom. The molecule has 0 saturated heterocycles. The third kappa shape index (κ3) is 13.0. The molecule has 0 rings (SSSR count). The lowest BCUT2D eigenvalue weighted by Gasteiger charge is -2.15. The molecule has 0 N–H and O–H groups in total. The Balaban J connectivity index is 4.14. The fourth-order valence-electron chi connectivity index (χ4n) is 2.23. The largest absolute Gasteiger partial charge is 0.463 e. The summed E-state index contributed by atoms with van der Waals surface area (Å²) in [6.45, 7) is 10.1. The first-order valence-electron chi connectivity index (χ1n) is 9.26. The molecule has 0 amide bonds. The maximum atomic E-state index is 11.9. The standard InChI is InChI=1S/C20H34O4/c1-6-8-10-11-17(5)23-19(21)13-14-20(22)24-18(12-9-7-2)15-16(3)4/h16-18H,6-8,10-11,13-15H2,1-5H3. The van der Waals surface area contributed by atoms with Crippen LogP contribution < -0.4 is 0 Å². The monoisotopic (exact) mass is 338 g/mol. The lowest BCUT2D eigenvalue weighted by Crippen LogP contribution is -2.20. The topological polar surface area (TPSA) is 52.6 Å². The summed E-state index contributed by atoms with van der Waals surface area (Å²) in [5, 5.41) is 0. The highest BCUT2D eigenvalue weighted by atomic mass is 16.5. The van der Waals surface area contributed by atoms with Crippen molar-refractivity contribution in [3.8, 4) is 11.8 Å². The van der Waals surface area contributed by atoms with E-state index in [0.717, 1.165) is 32.1 Å². The Labute approximate surface area is 147 Å². The number of carbonyl (C=O) groups excluding carboxylic acids is 2. The predicted octanol–water partition coefficient (Wildman–Crippen LogP) is 4.65. The van der Waals surface area contributed by atoms with Gasteiger partial charge in [0, 0.05) is 6.42 Å². The molecule has 4 nitrogen and oxygen atoms in total. The number of hydrogen-bond acceptors (Lipinski definition) is 4.